The van der Waals surface area contributed by atoms with Crippen molar-refractivity contribution in [1.82, 2.24) is 0 Å². The molecule has 0 atom stereocenters. The number of ether oxygens (including phenoxy) is 1. The van der Waals surface area contributed by atoms with Crippen LogP contribution >= 0.6 is 22.9 Å². The van der Waals surface area contributed by atoms with E-state index in [1.807, 2.05) is 5.38 Å². The SMILES string of the molecule is O=C(Nc1cccc(F)c1)c1cc(COc2ccc(Cl)cc2)cs1. The molecule has 0 aliphatic carbocycles. The summed E-state index contributed by atoms with van der Waals surface area (Å²) in [6, 6.07) is 14.6. The van der Waals surface area contributed by atoms with Crippen LogP contribution in [0.25, 0.3) is 0 Å². The zero-order valence-corrected chi connectivity index (χ0v) is 14.0. The van der Waals surface area contributed by atoms with Crippen LogP contribution in [0.3, 0.4) is 0 Å². The number of carbonyl (C=O) groups excluding carboxylic acids is 1. The average molecular weight is 362 g/mol. The summed E-state index contributed by atoms with van der Waals surface area (Å²) >= 11 is 7.13. The quantitative estimate of drug-likeness (QED) is 0.663. The van der Waals surface area contributed by atoms with Gasteiger partial charge < -0.3 is 10.1 Å². The number of hydrogen-bond donors (Lipinski definition) is 1. The number of nitrogens with one attached hydrogen (secondary N) is 1. The van der Waals surface area contributed by atoms with Crippen LogP contribution in [0.2, 0.25) is 5.02 Å². The highest BCUT2D eigenvalue weighted by Crippen LogP contribution is 2.21. The third kappa shape index (κ3) is 4.34. The molecule has 24 heavy (non-hydrogen) atoms. The Morgan fingerprint density at radius 2 is 1.96 bits per heavy atom. The molecule has 1 amide bonds. The van der Waals surface area contributed by atoms with Gasteiger partial charge in [-0.25, -0.2) is 4.39 Å². The zero-order chi connectivity index (χ0) is 16.9. The lowest BCUT2D eigenvalue weighted by molar-refractivity contribution is 0.103. The summed E-state index contributed by atoms with van der Waals surface area (Å²) in [5.41, 5.74) is 1.31. The van der Waals surface area contributed by atoms with Gasteiger partial charge >= 0.3 is 0 Å². The highest BCUT2D eigenvalue weighted by Gasteiger charge is 2.10. The first kappa shape index (κ1) is 16.5. The summed E-state index contributed by atoms with van der Waals surface area (Å²) in [4.78, 5) is 12.7. The van der Waals surface area contributed by atoms with Crippen molar-refractivity contribution in [2.24, 2.45) is 0 Å². The Kier molecular flexibility index (Phi) is 5.13. The van der Waals surface area contributed by atoms with Gasteiger partial charge in [0.1, 0.15) is 18.2 Å². The minimum Gasteiger partial charge on any atom is -0.489 e. The fourth-order valence-electron chi connectivity index (χ4n) is 2.03. The molecule has 0 aliphatic heterocycles. The molecule has 0 spiro atoms. The van der Waals surface area contributed by atoms with Crippen LogP contribution in [-0.4, -0.2) is 5.91 Å². The first-order valence-electron chi connectivity index (χ1n) is 7.13. The second-order valence-electron chi connectivity index (χ2n) is 5.03. The highest BCUT2D eigenvalue weighted by atomic mass is 35.5. The molecule has 3 rings (SSSR count). The Bertz CT molecular complexity index is 848. The van der Waals surface area contributed by atoms with Crippen LogP contribution in [0.15, 0.2) is 60.0 Å². The molecule has 3 nitrogen and oxygen atoms in total. The Labute approximate surface area is 147 Å². The summed E-state index contributed by atoms with van der Waals surface area (Å²) in [6.07, 6.45) is 0. The van der Waals surface area contributed by atoms with E-state index in [2.05, 4.69) is 5.32 Å². The molecule has 0 aliphatic rings. The van der Waals surface area contributed by atoms with Gasteiger partial charge in [-0.1, -0.05) is 17.7 Å². The van der Waals surface area contributed by atoms with Crippen LogP contribution in [0.1, 0.15) is 15.2 Å². The van der Waals surface area contributed by atoms with Gasteiger partial charge in [-0.15, -0.1) is 11.3 Å². The number of thiophene rings is 1. The molecule has 1 heterocycles. The highest BCUT2D eigenvalue weighted by molar-refractivity contribution is 7.12. The number of amides is 1. The standard InChI is InChI=1S/C18H13ClFNO2S/c19-13-4-6-16(7-5-13)23-10-12-8-17(24-11-12)18(22)21-15-3-1-2-14(20)9-15/h1-9,11H,10H2,(H,21,22). The molecule has 122 valence electrons. The van der Waals surface area contributed by atoms with E-state index < -0.39 is 5.82 Å². The number of rotatable bonds is 5. The monoisotopic (exact) mass is 361 g/mol. The van der Waals surface area contributed by atoms with Gasteiger partial charge in [-0.3, -0.25) is 4.79 Å². The van der Waals surface area contributed by atoms with Gasteiger partial charge in [-0.2, -0.15) is 0 Å². The largest absolute Gasteiger partial charge is 0.489 e. The molecule has 0 bridgehead atoms. The summed E-state index contributed by atoms with van der Waals surface area (Å²) in [7, 11) is 0. The molecular weight excluding hydrogens is 349 g/mol. The Morgan fingerprint density at radius 3 is 2.71 bits per heavy atom. The molecule has 1 aromatic heterocycles. The lowest BCUT2D eigenvalue weighted by atomic mass is 10.3. The van der Waals surface area contributed by atoms with Gasteiger partial charge in [0, 0.05) is 16.3 Å². The molecule has 0 radical (unpaired) electrons. The van der Waals surface area contributed by atoms with Crippen LogP contribution in [0.5, 0.6) is 5.75 Å². The maximum atomic E-state index is 13.1. The lowest BCUT2D eigenvalue weighted by Gasteiger charge is -2.04. The summed E-state index contributed by atoms with van der Waals surface area (Å²) in [6.45, 7) is 0.353. The van der Waals surface area contributed by atoms with E-state index in [-0.39, 0.29) is 5.91 Å². The molecule has 2 aromatic carbocycles. The lowest BCUT2D eigenvalue weighted by Crippen LogP contribution is -2.10. The fourth-order valence-corrected chi connectivity index (χ4v) is 2.94. The Hall–Kier alpha value is -2.37. The van der Waals surface area contributed by atoms with Crippen LogP contribution in [0.4, 0.5) is 10.1 Å². The van der Waals surface area contributed by atoms with E-state index in [0.717, 1.165) is 5.56 Å². The van der Waals surface area contributed by atoms with Crippen LogP contribution in [0, 0.1) is 5.82 Å². The molecule has 0 unspecified atom stereocenters. The summed E-state index contributed by atoms with van der Waals surface area (Å²) in [5, 5.41) is 5.17. The number of hydrogen-bond acceptors (Lipinski definition) is 3. The first-order valence-corrected chi connectivity index (χ1v) is 8.38. The van der Waals surface area contributed by atoms with Crippen molar-refractivity contribution < 1.29 is 13.9 Å². The normalized spacial score (nSPS) is 10.4. The first-order chi connectivity index (χ1) is 11.6. The van der Waals surface area contributed by atoms with Crippen molar-refractivity contribution in [3.8, 4) is 5.75 Å². The molecule has 1 N–H and O–H groups in total. The van der Waals surface area contributed by atoms with Gasteiger partial charge in [0.05, 0.1) is 4.88 Å². The predicted molar refractivity (Wildman–Crippen MR) is 94.5 cm³/mol. The molecule has 0 saturated heterocycles. The maximum Gasteiger partial charge on any atom is 0.265 e. The zero-order valence-electron chi connectivity index (χ0n) is 12.5. The topological polar surface area (TPSA) is 38.3 Å². The third-order valence-electron chi connectivity index (χ3n) is 3.18. The van der Waals surface area contributed by atoms with E-state index in [9.17, 15) is 9.18 Å². The Balaban J connectivity index is 1.60. The van der Waals surface area contributed by atoms with E-state index >= 15 is 0 Å². The van der Waals surface area contributed by atoms with Gasteiger partial charge in [0.2, 0.25) is 0 Å². The van der Waals surface area contributed by atoms with E-state index in [4.69, 9.17) is 16.3 Å². The maximum absolute atomic E-state index is 13.1. The fraction of sp³-hybridized carbons (Fsp3) is 0.0556. The van der Waals surface area contributed by atoms with E-state index in [1.165, 1.54) is 23.5 Å². The van der Waals surface area contributed by atoms with Gasteiger partial charge in [0.25, 0.3) is 5.91 Å². The molecule has 0 fully saturated rings. The average Bonchev–Trinajstić information content (AvgIpc) is 3.03. The Morgan fingerprint density at radius 1 is 1.17 bits per heavy atom. The predicted octanol–water partition coefficient (Wildman–Crippen LogP) is 5.37. The molecule has 3 aromatic rings. The minimum atomic E-state index is -0.393. The minimum absolute atomic E-state index is 0.275. The number of anilines is 1. The van der Waals surface area contributed by atoms with E-state index in [1.54, 1.807) is 42.5 Å². The van der Waals surface area contributed by atoms with Gasteiger partial charge in [-0.05, 0) is 53.9 Å². The number of benzene rings is 2. The second kappa shape index (κ2) is 7.47. The van der Waals surface area contributed by atoms with E-state index in [0.29, 0.717) is 27.9 Å². The number of carbonyl (C=O) groups is 1. The summed E-state index contributed by atoms with van der Waals surface area (Å²) in [5.74, 6) is 0.0377. The van der Waals surface area contributed by atoms with Crippen molar-refractivity contribution in [3.05, 3.63) is 81.3 Å². The summed E-state index contributed by atoms with van der Waals surface area (Å²) < 4.78 is 18.8. The second-order valence-corrected chi connectivity index (χ2v) is 6.37. The van der Waals surface area contributed by atoms with Gasteiger partial charge in [0.15, 0.2) is 0 Å². The van der Waals surface area contributed by atoms with Crippen molar-refractivity contribution >= 4 is 34.5 Å². The van der Waals surface area contributed by atoms with Crippen LogP contribution < -0.4 is 10.1 Å². The third-order valence-corrected chi connectivity index (χ3v) is 4.41. The smallest absolute Gasteiger partial charge is 0.265 e. The van der Waals surface area contributed by atoms with Crippen molar-refractivity contribution in [2.45, 2.75) is 6.61 Å². The molecular formula is C18H13ClFNO2S. The molecule has 6 heteroatoms. The van der Waals surface area contributed by atoms with Crippen molar-refractivity contribution in [2.75, 3.05) is 5.32 Å². The number of halogens is 2. The van der Waals surface area contributed by atoms with Crippen molar-refractivity contribution in [3.63, 3.8) is 0 Å². The van der Waals surface area contributed by atoms with Crippen molar-refractivity contribution in [1.29, 1.82) is 0 Å². The molecule has 0 saturated carbocycles. The van der Waals surface area contributed by atoms with Crippen LogP contribution in [-0.2, 0) is 6.61 Å².